The highest BCUT2D eigenvalue weighted by molar-refractivity contribution is 9.10. The molecule has 2 N–H and O–H groups in total. The average Bonchev–Trinajstić information content (AvgIpc) is 3.02. The van der Waals surface area contributed by atoms with E-state index in [1.165, 1.54) is 15.8 Å². The maximum Gasteiger partial charge on any atom is 0.328 e. The van der Waals surface area contributed by atoms with E-state index in [0.29, 0.717) is 23.4 Å². The molecule has 0 unspecified atom stereocenters. The molecule has 0 saturated carbocycles. The van der Waals surface area contributed by atoms with Crippen molar-refractivity contribution in [3.63, 3.8) is 0 Å². The minimum atomic E-state index is -0.355. The summed E-state index contributed by atoms with van der Waals surface area (Å²) in [5, 5.41) is 10.1. The minimum Gasteiger partial charge on any atom is -0.379 e. The number of hydrogen-bond donors (Lipinski definition) is 2. The first-order valence-electron chi connectivity index (χ1n) is 15.2. The molecule has 0 spiro atoms. The van der Waals surface area contributed by atoms with E-state index in [9.17, 15) is 14.4 Å². The molecular weight excluding hydrogens is 624 g/mol. The van der Waals surface area contributed by atoms with E-state index in [1.54, 1.807) is 18.1 Å². The summed E-state index contributed by atoms with van der Waals surface area (Å²) in [6.45, 7) is 7.09. The quantitative estimate of drug-likeness (QED) is 0.398. The molecule has 6 rings (SSSR count). The smallest absolute Gasteiger partial charge is 0.328 e. The van der Waals surface area contributed by atoms with E-state index in [4.69, 9.17) is 0 Å². The number of rotatable bonds is 7. The average molecular weight is 664 g/mol. The van der Waals surface area contributed by atoms with Crippen molar-refractivity contribution < 1.29 is 9.59 Å². The van der Waals surface area contributed by atoms with Crippen LogP contribution in [0.3, 0.4) is 0 Å². The fraction of sp³-hybridized carbons (Fsp3) is 0.438. The second-order valence-corrected chi connectivity index (χ2v) is 12.9. The van der Waals surface area contributed by atoms with Gasteiger partial charge in [0.05, 0.1) is 11.9 Å². The highest BCUT2D eigenvalue weighted by Gasteiger charge is 2.28. The number of benzene rings is 2. The molecule has 232 valence electrons. The van der Waals surface area contributed by atoms with E-state index in [1.807, 2.05) is 12.1 Å². The van der Waals surface area contributed by atoms with Crippen LogP contribution in [0.5, 0.6) is 0 Å². The van der Waals surface area contributed by atoms with Gasteiger partial charge >= 0.3 is 6.03 Å². The van der Waals surface area contributed by atoms with Crippen LogP contribution < -0.4 is 26.0 Å². The summed E-state index contributed by atoms with van der Waals surface area (Å²) in [5.41, 5.74) is 5.21. The Morgan fingerprint density at radius 3 is 2.32 bits per heavy atom. The largest absolute Gasteiger partial charge is 0.379 e. The predicted octanol–water partition coefficient (Wildman–Crippen LogP) is 3.21. The summed E-state index contributed by atoms with van der Waals surface area (Å²) in [4.78, 5) is 44.7. The molecule has 0 aliphatic carbocycles. The highest BCUT2D eigenvalue weighted by Crippen LogP contribution is 2.30. The van der Waals surface area contributed by atoms with Gasteiger partial charge in [-0.1, -0.05) is 24.3 Å². The monoisotopic (exact) mass is 662 g/mol. The minimum absolute atomic E-state index is 0.147. The lowest BCUT2D eigenvalue weighted by molar-refractivity contribution is -0.120. The number of carbonyl (C=O) groups is 2. The Hall–Kier alpha value is -3.74. The lowest BCUT2D eigenvalue weighted by atomic mass is 9.87. The van der Waals surface area contributed by atoms with Gasteiger partial charge in [-0.2, -0.15) is 5.10 Å². The zero-order valence-electron chi connectivity index (χ0n) is 25.2. The van der Waals surface area contributed by atoms with Crippen molar-refractivity contribution in [1.29, 1.82) is 0 Å². The lowest BCUT2D eigenvalue weighted by Crippen LogP contribution is -2.49. The predicted molar refractivity (Wildman–Crippen MR) is 175 cm³/mol. The zero-order chi connectivity index (χ0) is 30.8. The standard InChI is InChI=1S/C32H39BrN8O3/c1-37-20-24(17-25(21-37)35-28-18-34-38(2)31(43)30(28)33)23-5-3-22(4-6-23)19-39-13-15-40(16-14-39)26-7-9-27(10-8-26)41-12-11-29(42)36-32(41)44/h3-10,18,24-25,35H,11-17,19-21H2,1-2H3,(H,36,42,44)/t24-,25+/m0/s1. The van der Waals surface area contributed by atoms with Gasteiger partial charge in [0.15, 0.2) is 0 Å². The van der Waals surface area contributed by atoms with Gasteiger partial charge in [-0.15, -0.1) is 0 Å². The van der Waals surface area contributed by atoms with Crippen LogP contribution in [0.1, 0.15) is 29.9 Å². The van der Waals surface area contributed by atoms with Gasteiger partial charge in [0.25, 0.3) is 5.56 Å². The number of amides is 3. The van der Waals surface area contributed by atoms with Crippen molar-refractivity contribution in [1.82, 2.24) is 24.9 Å². The van der Waals surface area contributed by atoms with Gasteiger partial charge in [0.2, 0.25) is 5.91 Å². The van der Waals surface area contributed by atoms with Crippen molar-refractivity contribution in [2.75, 3.05) is 68.0 Å². The van der Waals surface area contributed by atoms with Crippen LogP contribution >= 0.6 is 15.9 Å². The molecule has 4 heterocycles. The van der Waals surface area contributed by atoms with Crippen molar-refractivity contribution >= 4 is 44.9 Å². The summed E-state index contributed by atoms with van der Waals surface area (Å²) in [6.07, 6.45) is 3.02. The van der Waals surface area contributed by atoms with E-state index >= 15 is 0 Å². The van der Waals surface area contributed by atoms with Gasteiger partial charge in [0.1, 0.15) is 4.47 Å². The third kappa shape index (κ3) is 6.82. The summed E-state index contributed by atoms with van der Waals surface area (Å²) < 4.78 is 1.85. The Morgan fingerprint density at radius 1 is 0.909 bits per heavy atom. The molecule has 2 atom stereocenters. The number of urea groups is 1. The number of nitrogens with zero attached hydrogens (tertiary/aromatic N) is 6. The van der Waals surface area contributed by atoms with Gasteiger partial charge in [-0.05, 0) is 70.7 Å². The van der Waals surface area contributed by atoms with Crippen molar-refractivity contribution in [3.05, 3.63) is 80.7 Å². The van der Waals surface area contributed by atoms with Crippen LogP contribution in [0.25, 0.3) is 0 Å². The summed E-state index contributed by atoms with van der Waals surface area (Å²) in [5.74, 6) is 0.182. The molecular formula is C32H39BrN8O3. The van der Waals surface area contributed by atoms with Gasteiger partial charge < -0.3 is 15.1 Å². The number of carbonyl (C=O) groups excluding carboxylic acids is 2. The number of piperazine rings is 1. The molecule has 3 aromatic rings. The van der Waals surface area contributed by atoms with Crippen LogP contribution in [-0.2, 0) is 18.4 Å². The number of aryl methyl sites for hydroxylation is 1. The van der Waals surface area contributed by atoms with E-state index in [0.717, 1.165) is 69.3 Å². The first kappa shape index (κ1) is 30.3. The third-order valence-electron chi connectivity index (χ3n) is 8.88. The van der Waals surface area contributed by atoms with Gasteiger partial charge in [-0.25, -0.2) is 9.48 Å². The lowest BCUT2D eigenvalue weighted by Gasteiger charge is -2.37. The number of piperidine rings is 1. The molecule has 0 radical (unpaired) electrons. The fourth-order valence-corrected chi connectivity index (χ4v) is 6.94. The van der Waals surface area contributed by atoms with Crippen LogP contribution in [0.2, 0.25) is 0 Å². The molecule has 3 saturated heterocycles. The SMILES string of the molecule is CN1C[C@H](Nc2cnn(C)c(=O)c2Br)C[C@H](c2ccc(CN3CCN(c4ccc(N5CCC(=O)NC5=O)cc4)CC3)cc2)C1. The molecule has 11 nitrogen and oxygen atoms in total. The summed E-state index contributed by atoms with van der Waals surface area (Å²) in [7, 11) is 3.80. The van der Waals surface area contributed by atoms with Gasteiger partial charge in [0, 0.05) is 83.2 Å². The second-order valence-electron chi connectivity index (χ2n) is 12.1. The second kappa shape index (κ2) is 13.1. The Bertz CT molecular complexity index is 1550. The number of anilines is 3. The number of nitrogens with one attached hydrogen (secondary N) is 2. The van der Waals surface area contributed by atoms with Crippen LogP contribution in [0.4, 0.5) is 21.9 Å². The molecule has 44 heavy (non-hydrogen) atoms. The topological polar surface area (TPSA) is 106 Å². The van der Waals surface area contributed by atoms with E-state index in [-0.39, 0.29) is 23.5 Å². The molecule has 0 bridgehead atoms. The summed E-state index contributed by atoms with van der Waals surface area (Å²) in [6, 6.07) is 17.0. The molecule has 3 aliphatic rings. The number of halogens is 1. The van der Waals surface area contributed by atoms with Crippen molar-refractivity contribution in [2.45, 2.75) is 31.3 Å². The number of aromatic nitrogens is 2. The molecule has 3 amide bonds. The number of likely N-dealkylation sites (N-methyl/N-ethyl adjacent to an activating group) is 1. The molecule has 3 aliphatic heterocycles. The molecule has 3 fully saturated rings. The number of hydrogen-bond acceptors (Lipinski definition) is 8. The van der Waals surface area contributed by atoms with Crippen LogP contribution in [-0.4, -0.2) is 90.4 Å². The Balaban J connectivity index is 1.00. The molecule has 2 aromatic carbocycles. The van der Waals surface area contributed by atoms with E-state index in [2.05, 4.69) is 89.8 Å². The summed E-state index contributed by atoms with van der Waals surface area (Å²) >= 11 is 3.44. The van der Waals surface area contributed by atoms with Crippen LogP contribution in [0.15, 0.2) is 64.0 Å². The van der Waals surface area contributed by atoms with Crippen molar-refractivity contribution in [3.8, 4) is 0 Å². The first-order chi connectivity index (χ1) is 21.2. The molecule has 1 aromatic heterocycles. The highest BCUT2D eigenvalue weighted by atomic mass is 79.9. The Morgan fingerprint density at radius 2 is 1.61 bits per heavy atom. The van der Waals surface area contributed by atoms with Crippen molar-refractivity contribution in [2.24, 2.45) is 7.05 Å². The van der Waals surface area contributed by atoms with Crippen LogP contribution in [0, 0.1) is 0 Å². The Labute approximate surface area is 265 Å². The normalized spacial score (nSPS) is 21.8. The van der Waals surface area contributed by atoms with Gasteiger partial charge in [-0.3, -0.25) is 24.7 Å². The Kier molecular flexibility index (Phi) is 9.01. The maximum absolute atomic E-state index is 12.3. The third-order valence-corrected chi connectivity index (χ3v) is 9.65. The number of imide groups is 1. The first-order valence-corrected chi connectivity index (χ1v) is 16.0. The maximum atomic E-state index is 12.3. The zero-order valence-corrected chi connectivity index (χ0v) is 26.8. The van der Waals surface area contributed by atoms with E-state index < -0.39 is 0 Å². The molecule has 12 heteroatoms. The fourth-order valence-electron chi connectivity index (χ4n) is 6.47. The number of likely N-dealkylation sites (tertiary alicyclic amines) is 1.